The van der Waals surface area contributed by atoms with E-state index in [9.17, 15) is 0 Å². The minimum absolute atomic E-state index is 0.905. The first-order valence-corrected chi connectivity index (χ1v) is 30.1. The van der Waals surface area contributed by atoms with Gasteiger partial charge in [-0.05, 0) is 67.6 Å². The van der Waals surface area contributed by atoms with E-state index in [1.807, 2.05) is 0 Å². The van der Waals surface area contributed by atoms with Crippen molar-refractivity contribution in [3.05, 3.63) is 24.6 Å². The number of rotatable bonds is 49. The van der Waals surface area contributed by atoms with Crippen LogP contribution in [0.25, 0.3) is 0 Å². The van der Waals surface area contributed by atoms with Crippen molar-refractivity contribution >= 4 is 35.3 Å². The van der Waals surface area contributed by atoms with Crippen LogP contribution in [0.1, 0.15) is 296 Å². The minimum Gasteiger partial charge on any atom is -0.125 e. The summed E-state index contributed by atoms with van der Waals surface area (Å²) in [6, 6.07) is 5.04. The third kappa shape index (κ3) is 38.5. The summed E-state index contributed by atoms with van der Waals surface area (Å²) in [7, 11) is 0. The molecule has 347 valence electrons. The second-order valence-corrected chi connectivity index (χ2v) is 21.9. The van der Waals surface area contributed by atoms with Crippen molar-refractivity contribution < 1.29 is 0 Å². The summed E-state index contributed by atoms with van der Waals surface area (Å²) in [5, 5.41) is 0. The van der Waals surface area contributed by atoms with Gasteiger partial charge in [0.25, 0.3) is 0 Å². The maximum Gasteiger partial charge on any atom is 0.0344 e. The van der Waals surface area contributed by atoms with Crippen LogP contribution < -0.4 is 0 Å². The van der Waals surface area contributed by atoms with Gasteiger partial charge in [-0.3, -0.25) is 0 Å². The van der Waals surface area contributed by atoms with Crippen LogP contribution in [0.15, 0.2) is 26.8 Å². The maximum absolute atomic E-state index is 4.34. The molecule has 0 aliphatic heterocycles. The van der Waals surface area contributed by atoms with Gasteiger partial charge in [0.15, 0.2) is 0 Å². The molecular formula is C56H105S3. The zero-order valence-electron chi connectivity index (χ0n) is 40.6. The summed E-state index contributed by atoms with van der Waals surface area (Å²) in [5.41, 5.74) is 1.44. The Balaban J connectivity index is 2.44. The van der Waals surface area contributed by atoms with E-state index >= 15 is 0 Å². The second-order valence-electron chi connectivity index (χ2n) is 18.5. The van der Waals surface area contributed by atoms with E-state index < -0.39 is 0 Å². The van der Waals surface area contributed by atoms with Crippen LogP contribution in [-0.4, -0.2) is 17.3 Å². The Labute approximate surface area is 386 Å². The molecule has 1 radical (unpaired) electrons. The third-order valence-corrected chi connectivity index (χ3v) is 16.4. The number of hydrogen-bond donors (Lipinski definition) is 0. The van der Waals surface area contributed by atoms with Gasteiger partial charge in [-0.2, -0.15) is 0 Å². The monoisotopic (exact) mass is 874 g/mol. The second kappa shape index (κ2) is 47.7. The van der Waals surface area contributed by atoms with Crippen LogP contribution in [0.5, 0.6) is 0 Å². The first-order chi connectivity index (χ1) is 29.3. The standard InChI is InChI=1S/C56H105S3/c1-5-9-12-15-18-21-24-27-30-33-36-39-42-45-48-57-54-51-53(8-4)52-55(58-49-46-43-40-37-34-31-28-25-22-19-16-13-10-6-2)56(54)59-50-47-44-41-38-35-32-29-26-23-20-17-14-11-7-3/h51-52H,4-50H2,1-3H3. The highest BCUT2D eigenvalue weighted by Crippen LogP contribution is 2.41. The molecule has 0 N–H and O–H groups in total. The summed E-state index contributed by atoms with van der Waals surface area (Å²) in [4.78, 5) is 4.75. The van der Waals surface area contributed by atoms with Gasteiger partial charge < -0.3 is 0 Å². The summed E-state index contributed by atoms with van der Waals surface area (Å²) >= 11 is 6.52. The lowest BCUT2D eigenvalue weighted by atomic mass is 10.0. The zero-order valence-corrected chi connectivity index (χ0v) is 43.1. The van der Waals surface area contributed by atoms with E-state index in [1.165, 1.54) is 292 Å². The van der Waals surface area contributed by atoms with Crippen LogP contribution in [-0.2, 0) is 6.42 Å². The Bertz CT molecular complexity index is 903. The molecule has 0 aromatic heterocycles. The molecule has 0 heterocycles. The number of unbranched alkanes of at least 4 members (excludes halogenated alkanes) is 39. The molecule has 0 saturated carbocycles. The highest BCUT2D eigenvalue weighted by Gasteiger charge is 2.13. The van der Waals surface area contributed by atoms with Gasteiger partial charge >= 0.3 is 0 Å². The number of thioether (sulfide) groups is 3. The van der Waals surface area contributed by atoms with Crippen molar-refractivity contribution in [2.45, 2.75) is 312 Å². The fourth-order valence-electron chi connectivity index (χ4n) is 8.56. The molecule has 59 heavy (non-hydrogen) atoms. The summed E-state index contributed by atoms with van der Waals surface area (Å²) < 4.78 is 0. The quantitative estimate of drug-likeness (QED) is 0.0473. The Morgan fingerprint density at radius 1 is 0.288 bits per heavy atom. The van der Waals surface area contributed by atoms with Crippen molar-refractivity contribution in [3.8, 4) is 0 Å². The third-order valence-electron chi connectivity index (χ3n) is 12.6. The topological polar surface area (TPSA) is 0 Å². The first-order valence-electron chi connectivity index (χ1n) is 27.1. The van der Waals surface area contributed by atoms with E-state index in [0.29, 0.717) is 0 Å². The SMILES string of the molecule is [CH2]Cc1cc(SCCCCCCCCCCCCCCCC)c(SCCCCCCCCCCCCCCCC)c(SCCCCCCCCCCCCCCCC)c1. The smallest absolute Gasteiger partial charge is 0.0344 e. The molecule has 0 unspecified atom stereocenters. The normalized spacial score (nSPS) is 11.7. The van der Waals surface area contributed by atoms with Crippen LogP contribution in [0, 0.1) is 6.92 Å². The Morgan fingerprint density at radius 2 is 0.492 bits per heavy atom. The van der Waals surface area contributed by atoms with E-state index in [-0.39, 0.29) is 0 Å². The van der Waals surface area contributed by atoms with Crippen molar-refractivity contribution in [3.63, 3.8) is 0 Å². The van der Waals surface area contributed by atoms with Gasteiger partial charge in [-0.25, -0.2) is 0 Å². The molecule has 0 saturated heterocycles. The lowest BCUT2D eigenvalue weighted by Gasteiger charge is -2.16. The molecule has 0 bridgehead atoms. The summed E-state index contributed by atoms with van der Waals surface area (Å²) in [6.45, 7) is 11.3. The molecule has 0 nitrogen and oxygen atoms in total. The van der Waals surface area contributed by atoms with E-state index in [4.69, 9.17) is 0 Å². The molecule has 0 fully saturated rings. The Morgan fingerprint density at radius 3 is 0.712 bits per heavy atom. The number of benzene rings is 1. The molecule has 0 amide bonds. The van der Waals surface area contributed by atoms with E-state index in [1.54, 1.807) is 14.7 Å². The highest BCUT2D eigenvalue weighted by molar-refractivity contribution is 8.03. The Kier molecular flexibility index (Phi) is 46.4. The van der Waals surface area contributed by atoms with Gasteiger partial charge in [0, 0.05) is 14.7 Å². The van der Waals surface area contributed by atoms with Crippen LogP contribution in [0.4, 0.5) is 0 Å². The van der Waals surface area contributed by atoms with Crippen molar-refractivity contribution in [1.29, 1.82) is 0 Å². The van der Waals surface area contributed by atoms with Gasteiger partial charge in [0.2, 0.25) is 0 Å². The van der Waals surface area contributed by atoms with Crippen molar-refractivity contribution in [1.82, 2.24) is 0 Å². The molecule has 3 heteroatoms. The molecule has 1 aromatic rings. The first kappa shape index (κ1) is 57.3. The molecule has 0 aliphatic carbocycles. The average Bonchev–Trinajstić information content (AvgIpc) is 3.25. The fourth-order valence-corrected chi connectivity index (χ4v) is 12.4. The minimum atomic E-state index is 0.905. The van der Waals surface area contributed by atoms with Gasteiger partial charge in [0.1, 0.15) is 0 Å². The van der Waals surface area contributed by atoms with Gasteiger partial charge in [-0.15, -0.1) is 35.3 Å². The van der Waals surface area contributed by atoms with Crippen molar-refractivity contribution in [2.75, 3.05) is 17.3 Å². The largest absolute Gasteiger partial charge is 0.125 e. The molecule has 0 aliphatic rings. The number of hydrogen-bond acceptors (Lipinski definition) is 3. The lowest BCUT2D eigenvalue weighted by Crippen LogP contribution is -1.94. The van der Waals surface area contributed by atoms with Crippen LogP contribution in [0.2, 0.25) is 0 Å². The summed E-state index contributed by atoms with van der Waals surface area (Å²) in [6.07, 6.45) is 61.3. The fraction of sp³-hybridized carbons (Fsp3) is 0.875. The Hall–Kier alpha value is 0.270. The molecule has 0 atom stereocenters. The van der Waals surface area contributed by atoms with E-state index in [0.717, 1.165) is 6.42 Å². The highest BCUT2D eigenvalue weighted by atomic mass is 32.2. The molecule has 1 rings (SSSR count). The van der Waals surface area contributed by atoms with Crippen LogP contribution >= 0.6 is 35.3 Å². The molecular weight excluding hydrogens is 769 g/mol. The predicted molar refractivity (Wildman–Crippen MR) is 279 cm³/mol. The molecule has 0 spiro atoms. The summed E-state index contributed by atoms with van der Waals surface area (Å²) in [5.74, 6) is 3.82. The zero-order chi connectivity index (χ0) is 42.4. The van der Waals surface area contributed by atoms with Gasteiger partial charge in [0.05, 0.1) is 0 Å². The van der Waals surface area contributed by atoms with Crippen molar-refractivity contribution in [2.24, 2.45) is 0 Å². The molecule has 1 aromatic carbocycles. The van der Waals surface area contributed by atoms with Crippen LogP contribution in [0.3, 0.4) is 0 Å². The van der Waals surface area contributed by atoms with E-state index in [2.05, 4.69) is 75.1 Å². The predicted octanol–water partition coefficient (Wildman–Crippen LogP) is 21.8. The average molecular weight is 875 g/mol. The lowest BCUT2D eigenvalue weighted by molar-refractivity contribution is 0.538. The van der Waals surface area contributed by atoms with Gasteiger partial charge in [-0.1, -0.05) is 271 Å². The maximum atomic E-state index is 4.34.